The van der Waals surface area contributed by atoms with Crippen molar-refractivity contribution in [2.75, 3.05) is 20.0 Å². The maximum Gasteiger partial charge on any atom is 0.508 e. The third kappa shape index (κ3) is 22.4. The van der Waals surface area contributed by atoms with Gasteiger partial charge < -0.3 is 28.8 Å². The maximum absolute atomic E-state index is 12.4. The molecule has 0 bridgehead atoms. The maximum atomic E-state index is 12.4. The summed E-state index contributed by atoms with van der Waals surface area (Å²) in [6, 6.07) is 0. The number of ether oxygens (including phenoxy) is 5. The minimum Gasteiger partial charge on any atom is -0.462 e. The van der Waals surface area contributed by atoms with E-state index in [9.17, 15) is 24.0 Å². The Labute approximate surface area is 225 Å². The van der Waals surface area contributed by atoms with E-state index in [1.165, 1.54) is 0 Å². The monoisotopic (exact) mass is 546 g/mol. The summed E-state index contributed by atoms with van der Waals surface area (Å²) in [4.78, 5) is 58.6. The molecule has 1 N–H and O–H groups in total. The molecule has 1 unspecified atom stereocenters. The molecule has 0 rings (SSSR count). The van der Waals surface area contributed by atoms with Crippen molar-refractivity contribution in [2.45, 2.75) is 117 Å². The van der Waals surface area contributed by atoms with Gasteiger partial charge in [-0.3, -0.25) is 19.2 Å². The number of carbonyl (C=O) groups excluding carboxylic acids is 4. The highest BCUT2D eigenvalue weighted by atomic mass is 16.7. The average molecular weight is 547 g/mol. The van der Waals surface area contributed by atoms with Gasteiger partial charge in [-0.1, -0.05) is 72.1 Å². The van der Waals surface area contributed by atoms with E-state index >= 15 is 0 Å². The van der Waals surface area contributed by atoms with E-state index in [4.69, 9.17) is 19.3 Å². The molecule has 0 aliphatic rings. The van der Waals surface area contributed by atoms with Gasteiger partial charge in [0.15, 0.2) is 6.10 Å². The molecule has 1 atom stereocenters. The van der Waals surface area contributed by atoms with E-state index in [1.807, 2.05) is 0 Å². The van der Waals surface area contributed by atoms with Crippen molar-refractivity contribution in [2.24, 2.45) is 5.92 Å². The summed E-state index contributed by atoms with van der Waals surface area (Å²) < 4.78 is 24.6. The van der Waals surface area contributed by atoms with Crippen molar-refractivity contribution >= 4 is 30.0 Å². The van der Waals surface area contributed by atoms with Crippen LogP contribution in [0.25, 0.3) is 0 Å². The van der Waals surface area contributed by atoms with Crippen molar-refractivity contribution in [1.82, 2.24) is 0 Å². The van der Waals surface area contributed by atoms with Crippen LogP contribution in [-0.2, 0) is 42.9 Å². The molecule has 0 fully saturated rings. The Morgan fingerprint density at radius 1 is 0.605 bits per heavy atom. The Kier molecular flexibility index (Phi) is 21.5. The third-order valence-corrected chi connectivity index (χ3v) is 5.56. The van der Waals surface area contributed by atoms with Crippen molar-refractivity contribution in [1.29, 1.82) is 0 Å². The summed E-state index contributed by atoms with van der Waals surface area (Å²) in [7, 11) is 0. The van der Waals surface area contributed by atoms with Gasteiger partial charge >= 0.3 is 30.0 Å². The van der Waals surface area contributed by atoms with Crippen LogP contribution in [0.15, 0.2) is 0 Å². The number of hydrogen-bond acceptors (Lipinski definition) is 10. The second-order valence-corrected chi connectivity index (χ2v) is 9.36. The highest BCUT2D eigenvalue weighted by Crippen LogP contribution is 2.13. The van der Waals surface area contributed by atoms with Crippen LogP contribution in [0.2, 0.25) is 0 Å². The van der Waals surface area contributed by atoms with Crippen LogP contribution in [-0.4, -0.2) is 61.2 Å². The van der Waals surface area contributed by atoms with Crippen LogP contribution in [0.1, 0.15) is 111 Å². The number of hydrogen-bond donors (Lipinski definition) is 1. The first kappa shape index (κ1) is 35.2. The summed E-state index contributed by atoms with van der Waals surface area (Å²) in [5, 5.41) is 8.38. The molecule has 0 amide bonds. The Balaban J connectivity index is 4.65. The highest BCUT2D eigenvalue weighted by molar-refractivity contribution is 5.73. The lowest BCUT2D eigenvalue weighted by Gasteiger charge is -2.19. The lowest BCUT2D eigenvalue weighted by molar-refractivity contribution is -0.168. The van der Waals surface area contributed by atoms with Gasteiger partial charge in [-0.15, -0.1) is 0 Å². The second-order valence-electron chi connectivity index (χ2n) is 9.36. The van der Waals surface area contributed by atoms with Crippen molar-refractivity contribution in [3.05, 3.63) is 0 Å². The van der Waals surface area contributed by atoms with E-state index in [0.717, 1.165) is 51.4 Å². The van der Waals surface area contributed by atoms with Gasteiger partial charge in [0.2, 0.25) is 6.79 Å². The van der Waals surface area contributed by atoms with E-state index in [-0.39, 0.29) is 38.9 Å². The zero-order chi connectivity index (χ0) is 28.6. The molecule has 0 aromatic heterocycles. The molecule has 0 aliphatic heterocycles. The minimum absolute atomic E-state index is 0.151. The smallest absolute Gasteiger partial charge is 0.462 e. The fourth-order valence-electron chi connectivity index (χ4n) is 3.46. The molecule has 38 heavy (non-hydrogen) atoms. The molecule has 0 aliphatic carbocycles. The van der Waals surface area contributed by atoms with Gasteiger partial charge in [0.05, 0.1) is 0 Å². The largest absolute Gasteiger partial charge is 0.508 e. The molecular formula is C27H46O11. The van der Waals surface area contributed by atoms with E-state index in [2.05, 4.69) is 23.3 Å². The predicted octanol–water partition coefficient (Wildman–Crippen LogP) is 5.32. The van der Waals surface area contributed by atoms with Crippen LogP contribution in [0.3, 0.4) is 0 Å². The Morgan fingerprint density at radius 3 is 1.55 bits per heavy atom. The van der Waals surface area contributed by atoms with Gasteiger partial charge in [-0.2, -0.15) is 0 Å². The number of rotatable bonds is 23. The summed E-state index contributed by atoms with van der Waals surface area (Å²) in [6.45, 7) is 4.62. The third-order valence-electron chi connectivity index (χ3n) is 5.56. The minimum atomic E-state index is -1.57. The summed E-state index contributed by atoms with van der Waals surface area (Å²) in [5.74, 6) is -2.70. The number of unbranched alkanes of at least 4 members (excludes halogenated alkanes) is 8. The molecular weight excluding hydrogens is 500 g/mol. The first-order chi connectivity index (χ1) is 18.2. The summed E-state index contributed by atoms with van der Waals surface area (Å²) in [5.41, 5.74) is 0. The van der Waals surface area contributed by atoms with Crippen LogP contribution >= 0.6 is 0 Å². The molecule has 0 saturated heterocycles. The Bertz CT molecular complexity index is 663. The topological polar surface area (TPSA) is 152 Å². The number of carbonyl (C=O) groups is 5. The van der Waals surface area contributed by atoms with Crippen molar-refractivity contribution in [3.63, 3.8) is 0 Å². The van der Waals surface area contributed by atoms with E-state index in [1.54, 1.807) is 6.92 Å². The van der Waals surface area contributed by atoms with E-state index in [0.29, 0.717) is 12.8 Å². The van der Waals surface area contributed by atoms with Crippen molar-refractivity contribution in [3.8, 4) is 0 Å². The Hall–Kier alpha value is -2.85. The van der Waals surface area contributed by atoms with Crippen LogP contribution in [0.4, 0.5) is 4.79 Å². The molecule has 0 saturated carbocycles. The molecule has 0 heterocycles. The molecule has 220 valence electrons. The normalized spacial score (nSPS) is 11.5. The van der Waals surface area contributed by atoms with Gasteiger partial charge in [0.1, 0.15) is 13.2 Å². The average Bonchev–Trinajstić information content (AvgIpc) is 2.84. The molecule has 0 radical (unpaired) electrons. The van der Waals surface area contributed by atoms with Crippen molar-refractivity contribution < 1.29 is 52.8 Å². The lowest BCUT2D eigenvalue weighted by Crippen LogP contribution is -2.31. The SMILES string of the molecule is CCCCCCCC(=O)OCC(COC(=O)CCCCCCC)OC(=O)CC(C)CC(=O)OCOC(=O)O. The van der Waals surface area contributed by atoms with Gasteiger partial charge in [0.25, 0.3) is 0 Å². The summed E-state index contributed by atoms with van der Waals surface area (Å²) >= 11 is 0. The molecule has 11 nitrogen and oxygen atoms in total. The molecule has 0 aromatic rings. The zero-order valence-corrected chi connectivity index (χ0v) is 23.2. The standard InChI is InChI=1S/C27H46O11/c1-4-6-8-10-12-14-23(28)34-18-22(19-35-24(29)15-13-11-9-7-5-2)38-26(31)17-21(3)16-25(30)36-20-37-27(32)33/h21-22H,4-20H2,1-3H3,(H,32,33). The zero-order valence-electron chi connectivity index (χ0n) is 23.2. The number of esters is 4. The molecule has 0 spiro atoms. The van der Waals surface area contributed by atoms with Gasteiger partial charge in [-0.05, 0) is 18.8 Å². The predicted molar refractivity (Wildman–Crippen MR) is 137 cm³/mol. The lowest BCUT2D eigenvalue weighted by atomic mass is 10.0. The molecule has 11 heteroatoms. The highest BCUT2D eigenvalue weighted by Gasteiger charge is 2.22. The van der Waals surface area contributed by atoms with Gasteiger partial charge in [-0.25, -0.2) is 4.79 Å². The first-order valence-corrected chi connectivity index (χ1v) is 13.7. The fraction of sp³-hybridized carbons (Fsp3) is 0.815. The number of carboxylic acid groups (broad SMARTS) is 1. The first-order valence-electron chi connectivity index (χ1n) is 13.7. The van der Waals surface area contributed by atoms with Crippen LogP contribution in [0, 0.1) is 5.92 Å². The molecule has 0 aromatic carbocycles. The second kappa shape index (κ2) is 23.3. The van der Waals surface area contributed by atoms with Gasteiger partial charge in [0, 0.05) is 25.7 Å². The Morgan fingerprint density at radius 2 is 1.08 bits per heavy atom. The quantitative estimate of drug-likeness (QED) is 0.0767. The van der Waals surface area contributed by atoms with Crippen LogP contribution in [0.5, 0.6) is 0 Å². The van der Waals surface area contributed by atoms with E-state index < -0.39 is 48.8 Å². The summed E-state index contributed by atoms with van der Waals surface area (Å²) in [6.07, 6.45) is 7.48. The fourth-order valence-corrected chi connectivity index (χ4v) is 3.46. The van der Waals surface area contributed by atoms with Crippen LogP contribution < -0.4 is 0 Å².